The molecule has 3 aromatic rings. The molecule has 0 aromatic carbocycles. The second-order valence-corrected chi connectivity index (χ2v) is 7.58. The lowest BCUT2D eigenvalue weighted by Gasteiger charge is -2.10. The number of fused-ring (bicyclic) bond motifs is 3. The average Bonchev–Trinajstić information content (AvgIpc) is 3.08. The standard InChI is InChI=1S/C19H29N5O2/c1-7-8-10-22-13(4)14(5)24-15-16(20-18(22)24)21(6)19(26)23(17(15)25)11-9-12(2)3/h12H,7-11H2,1-6H3. The van der Waals surface area contributed by atoms with Crippen LogP contribution in [0.2, 0.25) is 0 Å². The first-order valence-corrected chi connectivity index (χ1v) is 9.47. The first kappa shape index (κ1) is 18.5. The molecule has 0 amide bonds. The van der Waals surface area contributed by atoms with Crippen LogP contribution in [0.1, 0.15) is 51.4 Å². The minimum absolute atomic E-state index is 0.244. The van der Waals surface area contributed by atoms with Gasteiger partial charge in [-0.2, -0.15) is 4.98 Å². The molecule has 0 aliphatic carbocycles. The monoisotopic (exact) mass is 359 g/mol. The molecule has 3 rings (SSSR count). The molecular formula is C19H29N5O2. The van der Waals surface area contributed by atoms with Crippen LogP contribution in [0.25, 0.3) is 16.9 Å². The van der Waals surface area contributed by atoms with Crippen molar-refractivity contribution in [2.75, 3.05) is 0 Å². The van der Waals surface area contributed by atoms with Crippen LogP contribution < -0.4 is 11.2 Å². The summed E-state index contributed by atoms with van der Waals surface area (Å²) >= 11 is 0. The molecule has 0 atom stereocenters. The van der Waals surface area contributed by atoms with Crippen molar-refractivity contribution in [3.05, 3.63) is 32.2 Å². The van der Waals surface area contributed by atoms with E-state index in [0.29, 0.717) is 23.6 Å². The zero-order chi connectivity index (χ0) is 19.2. The van der Waals surface area contributed by atoms with E-state index in [1.807, 2.05) is 11.3 Å². The first-order chi connectivity index (χ1) is 12.3. The van der Waals surface area contributed by atoms with E-state index < -0.39 is 0 Å². The second-order valence-electron chi connectivity index (χ2n) is 7.58. The van der Waals surface area contributed by atoms with Crippen LogP contribution in [0, 0.1) is 19.8 Å². The summed E-state index contributed by atoms with van der Waals surface area (Å²) in [5, 5.41) is 0. The van der Waals surface area contributed by atoms with Gasteiger partial charge in [0.15, 0.2) is 11.2 Å². The van der Waals surface area contributed by atoms with Crippen LogP contribution >= 0.6 is 0 Å². The molecule has 0 radical (unpaired) electrons. The van der Waals surface area contributed by atoms with E-state index in [0.717, 1.165) is 43.0 Å². The maximum Gasteiger partial charge on any atom is 0.332 e. The lowest BCUT2D eigenvalue weighted by atomic mass is 10.1. The molecule has 0 bridgehead atoms. The molecule has 26 heavy (non-hydrogen) atoms. The zero-order valence-electron chi connectivity index (χ0n) is 16.7. The normalized spacial score (nSPS) is 12.1. The van der Waals surface area contributed by atoms with Crippen LogP contribution in [0.5, 0.6) is 0 Å². The minimum atomic E-state index is -0.293. The molecule has 7 heteroatoms. The topological polar surface area (TPSA) is 66.2 Å². The Hall–Kier alpha value is -2.31. The minimum Gasteiger partial charge on any atom is -0.314 e. The van der Waals surface area contributed by atoms with Gasteiger partial charge in [0, 0.05) is 31.5 Å². The van der Waals surface area contributed by atoms with Crippen molar-refractivity contribution in [3.8, 4) is 0 Å². The fraction of sp³-hybridized carbons (Fsp3) is 0.632. The van der Waals surface area contributed by atoms with E-state index in [9.17, 15) is 9.59 Å². The van der Waals surface area contributed by atoms with Crippen molar-refractivity contribution >= 4 is 16.9 Å². The molecule has 142 valence electrons. The van der Waals surface area contributed by atoms with Crippen LogP contribution in [-0.2, 0) is 20.1 Å². The highest BCUT2D eigenvalue weighted by molar-refractivity contribution is 5.76. The third-order valence-electron chi connectivity index (χ3n) is 5.30. The Morgan fingerprint density at radius 3 is 2.35 bits per heavy atom. The summed E-state index contributed by atoms with van der Waals surface area (Å²) in [5.74, 6) is 1.17. The van der Waals surface area contributed by atoms with Gasteiger partial charge in [-0.3, -0.25) is 18.3 Å². The highest BCUT2D eigenvalue weighted by Crippen LogP contribution is 2.21. The van der Waals surface area contributed by atoms with Crippen molar-refractivity contribution < 1.29 is 0 Å². The Kier molecular flexibility index (Phi) is 4.82. The molecule has 3 aromatic heterocycles. The van der Waals surface area contributed by atoms with Gasteiger partial charge in [-0.05, 0) is 32.6 Å². The van der Waals surface area contributed by atoms with E-state index in [2.05, 4.69) is 37.2 Å². The SMILES string of the molecule is CCCCn1c(C)c(C)n2c3c(=O)n(CCC(C)C)c(=O)n(C)c3nc12. The van der Waals surface area contributed by atoms with Crippen LogP contribution in [0.15, 0.2) is 9.59 Å². The summed E-state index contributed by atoms with van der Waals surface area (Å²) in [6, 6.07) is 0. The summed E-state index contributed by atoms with van der Waals surface area (Å²) in [7, 11) is 1.70. The molecule has 0 fully saturated rings. The van der Waals surface area contributed by atoms with Gasteiger partial charge in [0.2, 0.25) is 5.78 Å². The Morgan fingerprint density at radius 2 is 1.73 bits per heavy atom. The number of rotatable bonds is 6. The largest absolute Gasteiger partial charge is 0.332 e. The second kappa shape index (κ2) is 6.78. The van der Waals surface area contributed by atoms with Crippen molar-refractivity contribution in [1.29, 1.82) is 0 Å². The van der Waals surface area contributed by atoms with Gasteiger partial charge in [0.25, 0.3) is 5.56 Å². The summed E-state index contributed by atoms with van der Waals surface area (Å²) in [5.41, 5.74) is 2.55. The highest BCUT2D eigenvalue weighted by atomic mass is 16.2. The number of aromatic nitrogens is 5. The Labute approximate surface area is 152 Å². The Morgan fingerprint density at radius 1 is 1.04 bits per heavy atom. The maximum absolute atomic E-state index is 13.2. The third-order valence-corrected chi connectivity index (χ3v) is 5.30. The van der Waals surface area contributed by atoms with Crippen LogP contribution in [0.4, 0.5) is 0 Å². The fourth-order valence-electron chi connectivity index (χ4n) is 3.48. The molecule has 0 aliphatic heterocycles. The van der Waals surface area contributed by atoms with Gasteiger partial charge in [-0.25, -0.2) is 4.79 Å². The number of unbranched alkanes of at least 4 members (excludes halogenated alkanes) is 1. The fourth-order valence-corrected chi connectivity index (χ4v) is 3.48. The Bertz CT molecular complexity index is 1080. The van der Waals surface area contributed by atoms with Crippen molar-refractivity contribution in [1.82, 2.24) is 23.1 Å². The highest BCUT2D eigenvalue weighted by Gasteiger charge is 2.22. The Balaban J connectivity index is 2.36. The molecule has 0 unspecified atom stereocenters. The number of aryl methyl sites for hydroxylation is 3. The van der Waals surface area contributed by atoms with Gasteiger partial charge >= 0.3 is 5.69 Å². The third kappa shape index (κ3) is 2.70. The summed E-state index contributed by atoms with van der Waals surface area (Å²) in [6.07, 6.45) is 2.92. The average molecular weight is 359 g/mol. The summed E-state index contributed by atoms with van der Waals surface area (Å²) in [6.45, 7) is 11.7. The van der Waals surface area contributed by atoms with Gasteiger partial charge in [0.1, 0.15) is 0 Å². The molecule has 0 N–H and O–H groups in total. The van der Waals surface area contributed by atoms with Crippen molar-refractivity contribution in [2.24, 2.45) is 13.0 Å². The van der Waals surface area contributed by atoms with Gasteiger partial charge in [0.05, 0.1) is 0 Å². The van der Waals surface area contributed by atoms with E-state index in [1.54, 1.807) is 7.05 Å². The van der Waals surface area contributed by atoms with Crippen molar-refractivity contribution in [3.63, 3.8) is 0 Å². The number of hydrogen-bond acceptors (Lipinski definition) is 3. The predicted octanol–water partition coefficient (Wildman–Crippen LogP) is 2.61. The number of imidazole rings is 2. The molecule has 0 aliphatic rings. The summed E-state index contributed by atoms with van der Waals surface area (Å²) in [4.78, 5) is 30.5. The summed E-state index contributed by atoms with van der Waals surface area (Å²) < 4.78 is 6.94. The van der Waals surface area contributed by atoms with Gasteiger partial charge in [-0.1, -0.05) is 27.2 Å². The van der Waals surface area contributed by atoms with Crippen molar-refractivity contribution in [2.45, 2.75) is 67.0 Å². The van der Waals surface area contributed by atoms with E-state index in [1.165, 1.54) is 9.13 Å². The molecule has 3 heterocycles. The van der Waals surface area contributed by atoms with Gasteiger partial charge < -0.3 is 4.57 Å². The predicted molar refractivity (Wildman–Crippen MR) is 104 cm³/mol. The number of hydrogen-bond donors (Lipinski definition) is 0. The van der Waals surface area contributed by atoms with Gasteiger partial charge in [-0.15, -0.1) is 0 Å². The van der Waals surface area contributed by atoms with Crippen LogP contribution in [-0.4, -0.2) is 23.1 Å². The molecule has 0 saturated carbocycles. The van der Waals surface area contributed by atoms with E-state index >= 15 is 0 Å². The molecule has 7 nitrogen and oxygen atoms in total. The molecule has 0 spiro atoms. The van der Waals surface area contributed by atoms with Crippen LogP contribution in [0.3, 0.4) is 0 Å². The number of nitrogens with zero attached hydrogens (tertiary/aromatic N) is 5. The quantitative estimate of drug-likeness (QED) is 0.679. The zero-order valence-corrected chi connectivity index (χ0v) is 16.7. The molecule has 0 saturated heterocycles. The molecular weight excluding hydrogens is 330 g/mol. The lowest BCUT2D eigenvalue weighted by Crippen LogP contribution is -2.39. The smallest absolute Gasteiger partial charge is 0.314 e. The lowest BCUT2D eigenvalue weighted by molar-refractivity contribution is 0.488. The maximum atomic E-state index is 13.2. The van der Waals surface area contributed by atoms with E-state index in [-0.39, 0.29) is 11.2 Å². The van der Waals surface area contributed by atoms with E-state index in [4.69, 9.17) is 0 Å². The first-order valence-electron chi connectivity index (χ1n) is 9.47.